The van der Waals surface area contributed by atoms with Gasteiger partial charge in [-0.1, -0.05) is 90.1 Å². The average molecular weight is 397 g/mol. The second-order valence-electron chi connectivity index (χ2n) is 8.63. The van der Waals surface area contributed by atoms with Crippen LogP contribution in [0.3, 0.4) is 0 Å². The monoisotopic (exact) mass is 396 g/mol. The van der Waals surface area contributed by atoms with Gasteiger partial charge in [0.15, 0.2) is 0 Å². The van der Waals surface area contributed by atoms with Gasteiger partial charge in [-0.2, -0.15) is 0 Å². The molecule has 152 valence electrons. The highest BCUT2D eigenvalue weighted by Gasteiger charge is 2.47. The van der Waals surface area contributed by atoms with Crippen molar-refractivity contribution in [1.82, 2.24) is 0 Å². The minimum Gasteiger partial charge on any atom is -0.543 e. The van der Waals surface area contributed by atoms with Crippen LogP contribution >= 0.6 is 0 Å². The molecule has 0 aliphatic rings. The van der Waals surface area contributed by atoms with E-state index in [1.807, 2.05) is 31.2 Å². The molecule has 0 amide bonds. The second-order valence-corrected chi connectivity index (χ2v) is 14.0. The Morgan fingerprint density at radius 1 is 0.786 bits per heavy atom. The van der Waals surface area contributed by atoms with E-state index in [4.69, 9.17) is 4.43 Å². The molecule has 1 atom stereocenters. The Bertz CT molecular complexity index is 755. The van der Waals surface area contributed by atoms with Crippen molar-refractivity contribution in [3.05, 3.63) is 65.2 Å². The zero-order valence-electron chi connectivity index (χ0n) is 18.4. The Hall–Kier alpha value is -1.84. The van der Waals surface area contributed by atoms with Crippen molar-refractivity contribution in [3.63, 3.8) is 0 Å². The summed E-state index contributed by atoms with van der Waals surface area (Å²) in [5, 5.41) is 10.4. The Kier molecular flexibility index (Phi) is 7.68. The predicted octanol–water partition coefficient (Wildman–Crippen LogP) is 7.46. The van der Waals surface area contributed by atoms with E-state index >= 15 is 0 Å². The van der Waals surface area contributed by atoms with Gasteiger partial charge in [-0.25, -0.2) is 0 Å². The summed E-state index contributed by atoms with van der Waals surface area (Å²) in [6.45, 7) is 15.6. The zero-order valence-corrected chi connectivity index (χ0v) is 19.4. The highest BCUT2D eigenvalue weighted by molar-refractivity contribution is 6.78. The molecule has 0 aliphatic carbocycles. The molecule has 0 fully saturated rings. The molecular formula is C25H36O2Si. The lowest BCUT2D eigenvalue weighted by Crippen LogP contribution is -2.50. The van der Waals surface area contributed by atoms with Crippen LogP contribution in [0.25, 0.3) is 12.2 Å². The van der Waals surface area contributed by atoms with Crippen molar-refractivity contribution in [2.75, 3.05) is 0 Å². The highest BCUT2D eigenvalue weighted by atomic mass is 28.4. The topological polar surface area (TPSA) is 29.5 Å². The molecule has 1 N–H and O–H groups in total. The Balaban J connectivity index is 2.40. The Morgan fingerprint density at radius 3 is 1.86 bits per heavy atom. The van der Waals surface area contributed by atoms with Crippen LogP contribution in [-0.4, -0.2) is 13.4 Å². The van der Waals surface area contributed by atoms with Crippen LogP contribution in [0.2, 0.25) is 16.6 Å². The zero-order chi connectivity index (χ0) is 20.9. The van der Waals surface area contributed by atoms with Gasteiger partial charge in [-0.15, -0.1) is 0 Å². The number of hydrogen-bond acceptors (Lipinski definition) is 2. The quantitative estimate of drug-likeness (QED) is 0.370. The Labute approximate surface area is 172 Å². The summed E-state index contributed by atoms with van der Waals surface area (Å²) in [4.78, 5) is 0. The molecule has 0 bridgehead atoms. The van der Waals surface area contributed by atoms with E-state index in [1.165, 1.54) is 0 Å². The van der Waals surface area contributed by atoms with Crippen molar-refractivity contribution >= 4 is 20.5 Å². The van der Waals surface area contributed by atoms with Gasteiger partial charge in [0.2, 0.25) is 0 Å². The first-order chi connectivity index (χ1) is 13.2. The first-order valence-corrected chi connectivity index (χ1v) is 12.6. The van der Waals surface area contributed by atoms with Crippen LogP contribution in [0.4, 0.5) is 0 Å². The normalized spacial score (nSPS) is 13.7. The molecule has 0 aliphatic heterocycles. The van der Waals surface area contributed by atoms with Gasteiger partial charge in [0, 0.05) is 0 Å². The van der Waals surface area contributed by atoms with Crippen molar-refractivity contribution in [3.8, 4) is 5.75 Å². The van der Waals surface area contributed by atoms with Crippen LogP contribution in [0.1, 0.15) is 71.3 Å². The maximum atomic E-state index is 10.4. The molecule has 0 saturated heterocycles. The standard InChI is InChI=1S/C25H36O2Si/c1-18(2)28(19(3)4,20(5)6)27-24-16-15-23(25(17-24)21(7)26)14-13-22-11-9-8-10-12-22/h8-21,26H,1-7H3/b14-13+/t21-/m0/s1. The summed E-state index contributed by atoms with van der Waals surface area (Å²) in [5.74, 6) is 0.885. The van der Waals surface area contributed by atoms with Gasteiger partial charge in [0.25, 0.3) is 8.32 Å². The summed E-state index contributed by atoms with van der Waals surface area (Å²) in [6.07, 6.45) is 3.60. The van der Waals surface area contributed by atoms with Gasteiger partial charge in [0.1, 0.15) is 5.75 Å². The van der Waals surface area contributed by atoms with Gasteiger partial charge in [-0.05, 0) is 52.4 Å². The molecule has 2 aromatic carbocycles. The number of hydrogen-bond donors (Lipinski definition) is 1. The van der Waals surface area contributed by atoms with Crippen LogP contribution in [0.15, 0.2) is 48.5 Å². The average Bonchev–Trinajstić information content (AvgIpc) is 2.64. The highest BCUT2D eigenvalue weighted by Crippen LogP contribution is 2.43. The maximum Gasteiger partial charge on any atom is 0.258 e. The minimum absolute atomic E-state index is 0.514. The summed E-state index contributed by atoms with van der Waals surface area (Å²) in [5.41, 5.74) is 4.62. The number of aliphatic hydroxyl groups is 1. The van der Waals surface area contributed by atoms with E-state index < -0.39 is 14.4 Å². The van der Waals surface area contributed by atoms with Gasteiger partial charge < -0.3 is 9.53 Å². The summed E-state index contributed by atoms with van der Waals surface area (Å²) in [6, 6.07) is 16.4. The van der Waals surface area contributed by atoms with E-state index in [9.17, 15) is 5.11 Å². The molecule has 2 aromatic rings. The lowest BCUT2D eigenvalue weighted by Gasteiger charge is -2.42. The molecule has 2 nitrogen and oxygen atoms in total. The van der Waals surface area contributed by atoms with Gasteiger partial charge in [-0.3, -0.25) is 0 Å². The second kappa shape index (κ2) is 9.57. The summed E-state index contributed by atoms with van der Waals surface area (Å²) >= 11 is 0. The third kappa shape index (κ3) is 4.95. The van der Waals surface area contributed by atoms with Crippen LogP contribution in [0.5, 0.6) is 5.75 Å². The van der Waals surface area contributed by atoms with E-state index in [2.05, 4.69) is 78.0 Å². The third-order valence-electron chi connectivity index (χ3n) is 5.76. The summed E-state index contributed by atoms with van der Waals surface area (Å²) in [7, 11) is -2.01. The molecule has 3 heteroatoms. The van der Waals surface area contributed by atoms with Crippen LogP contribution < -0.4 is 4.43 Å². The lowest BCUT2D eigenvalue weighted by molar-refractivity contribution is 0.199. The minimum atomic E-state index is -2.01. The molecular weight excluding hydrogens is 360 g/mol. The van der Waals surface area contributed by atoms with Crippen LogP contribution in [-0.2, 0) is 0 Å². The lowest BCUT2D eigenvalue weighted by atomic mass is 10.0. The van der Waals surface area contributed by atoms with Crippen molar-refractivity contribution < 1.29 is 9.53 Å². The van der Waals surface area contributed by atoms with Gasteiger partial charge >= 0.3 is 0 Å². The number of aliphatic hydroxyl groups excluding tert-OH is 1. The smallest absolute Gasteiger partial charge is 0.258 e. The van der Waals surface area contributed by atoms with E-state index in [0.717, 1.165) is 22.4 Å². The predicted molar refractivity (Wildman–Crippen MR) is 124 cm³/mol. The van der Waals surface area contributed by atoms with Crippen molar-refractivity contribution in [1.29, 1.82) is 0 Å². The third-order valence-corrected chi connectivity index (χ3v) is 11.8. The molecule has 0 saturated carbocycles. The van der Waals surface area contributed by atoms with Gasteiger partial charge in [0.05, 0.1) is 6.10 Å². The maximum absolute atomic E-state index is 10.4. The fourth-order valence-electron chi connectivity index (χ4n) is 4.44. The Morgan fingerprint density at radius 2 is 1.36 bits per heavy atom. The number of benzene rings is 2. The first-order valence-electron chi connectivity index (χ1n) is 10.4. The van der Waals surface area contributed by atoms with E-state index in [1.54, 1.807) is 0 Å². The number of rotatable bonds is 8. The largest absolute Gasteiger partial charge is 0.543 e. The van der Waals surface area contributed by atoms with Crippen molar-refractivity contribution in [2.45, 2.75) is 71.2 Å². The summed E-state index contributed by atoms with van der Waals surface area (Å²) < 4.78 is 6.80. The fraction of sp³-hybridized carbons (Fsp3) is 0.440. The molecule has 28 heavy (non-hydrogen) atoms. The SMILES string of the molecule is CC(C)[Si](Oc1ccc(/C=C/c2ccccc2)c([C@H](C)O)c1)(C(C)C)C(C)C. The molecule has 2 rings (SSSR count). The molecule has 0 unspecified atom stereocenters. The molecule has 0 heterocycles. The van der Waals surface area contributed by atoms with E-state index in [-0.39, 0.29) is 0 Å². The van der Waals surface area contributed by atoms with E-state index in [0.29, 0.717) is 16.6 Å². The van der Waals surface area contributed by atoms with Crippen LogP contribution in [0, 0.1) is 0 Å². The first kappa shape index (κ1) is 22.4. The molecule has 0 spiro atoms. The molecule has 0 radical (unpaired) electrons. The fourth-order valence-corrected chi connectivity index (χ4v) is 9.68. The van der Waals surface area contributed by atoms with Crippen molar-refractivity contribution in [2.24, 2.45) is 0 Å². The molecule has 0 aromatic heterocycles.